The van der Waals surface area contributed by atoms with Gasteiger partial charge in [-0.1, -0.05) is 218 Å². The van der Waals surface area contributed by atoms with Gasteiger partial charge in [0.2, 0.25) is 0 Å². The van der Waals surface area contributed by atoms with Crippen molar-refractivity contribution in [1.29, 1.82) is 0 Å². The number of hydrogen-bond acceptors (Lipinski definition) is 1. The highest BCUT2D eigenvalue weighted by Gasteiger charge is 2.53. The van der Waals surface area contributed by atoms with Crippen molar-refractivity contribution in [2.24, 2.45) is 0 Å². The molecule has 0 N–H and O–H groups in total. The zero-order valence-corrected chi connectivity index (χ0v) is 34.8. The van der Waals surface area contributed by atoms with Crippen LogP contribution in [-0.4, -0.2) is 4.98 Å². The molecule has 0 saturated heterocycles. The van der Waals surface area contributed by atoms with Crippen LogP contribution in [0.1, 0.15) is 44.5 Å². The largest absolute Gasteiger partial charge is 0.247 e. The van der Waals surface area contributed by atoms with Gasteiger partial charge in [0.25, 0.3) is 0 Å². The molecule has 0 aliphatic heterocycles. The molecular formula is C63H37N. The standard InChI is InChI=1S/C63H37N/c1-8-24-49-41(16-1)42-17-2-9-25-50(42)62(49)53-28-12-5-20-45(53)58-40(23-15-30-55(58)62)38-32-34-39(35-33-38)61-48-36-37-56-60(59(48)47-22-7-14-31-57(47)64-61)46-21-6-13-29-54(46)63(56)51-26-10-3-18-43(51)44-19-4-11-27-52(44)63/h1-37H. The Labute approximate surface area is 371 Å². The lowest BCUT2D eigenvalue weighted by Gasteiger charge is -2.30. The van der Waals surface area contributed by atoms with Gasteiger partial charge in [-0.05, 0) is 106 Å². The van der Waals surface area contributed by atoms with Crippen LogP contribution in [0.5, 0.6) is 0 Å². The number of benzene rings is 10. The molecule has 64 heavy (non-hydrogen) atoms. The highest BCUT2D eigenvalue weighted by atomic mass is 14.7. The van der Waals surface area contributed by atoms with Crippen molar-refractivity contribution in [2.45, 2.75) is 10.8 Å². The van der Waals surface area contributed by atoms with Crippen molar-refractivity contribution >= 4 is 21.7 Å². The van der Waals surface area contributed by atoms with Crippen molar-refractivity contribution in [3.8, 4) is 66.9 Å². The summed E-state index contributed by atoms with van der Waals surface area (Å²) in [5.74, 6) is 0. The van der Waals surface area contributed by atoms with Gasteiger partial charge in [0, 0.05) is 21.7 Å². The maximum Gasteiger partial charge on any atom is 0.0788 e. The van der Waals surface area contributed by atoms with E-state index in [1.807, 2.05) is 0 Å². The van der Waals surface area contributed by atoms with Crippen LogP contribution in [-0.2, 0) is 10.8 Å². The van der Waals surface area contributed by atoms with Crippen LogP contribution in [0.3, 0.4) is 0 Å². The predicted molar refractivity (Wildman–Crippen MR) is 263 cm³/mol. The molecular weight excluding hydrogens is 771 g/mol. The molecule has 0 radical (unpaired) electrons. The molecule has 0 bridgehead atoms. The SMILES string of the molecule is c1ccc2c(c1)-c1ccccc1C21c2ccccc2-c2c(-c3ccc(-c4nc5ccccc5c5c6c(ccc45)C4(c5ccccc5-c5ccccc54)c4ccccc4-6)cc3)cccc21. The van der Waals surface area contributed by atoms with E-state index in [1.54, 1.807) is 0 Å². The van der Waals surface area contributed by atoms with Crippen molar-refractivity contribution in [3.63, 3.8) is 0 Å². The normalized spacial score (nSPS) is 14.5. The summed E-state index contributed by atoms with van der Waals surface area (Å²) < 4.78 is 0. The Hall–Kier alpha value is -8.13. The number of hydrogen-bond donors (Lipinski definition) is 0. The maximum absolute atomic E-state index is 5.50. The molecule has 11 aromatic rings. The Morgan fingerprint density at radius 2 is 0.641 bits per heavy atom. The summed E-state index contributed by atoms with van der Waals surface area (Å²) in [7, 11) is 0. The summed E-state index contributed by atoms with van der Waals surface area (Å²) >= 11 is 0. The number of aromatic nitrogens is 1. The van der Waals surface area contributed by atoms with Crippen LogP contribution < -0.4 is 0 Å². The van der Waals surface area contributed by atoms with Crippen molar-refractivity contribution in [2.75, 3.05) is 0 Å². The van der Waals surface area contributed by atoms with Crippen LogP contribution in [0.25, 0.3) is 88.6 Å². The molecule has 0 amide bonds. The Morgan fingerprint density at radius 3 is 1.19 bits per heavy atom. The van der Waals surface area contributed by atoms with E-state index in [0.717, 1.165) is 16.8 Å². The van der Waals surface area contributed by atoms with Crippen LogP contribution in [0.15, 0.2) is 224 Å². The predicted octanol–water partition coefficient (Wildman–Crippen LogP) is 15.4. The van der Waals surface area contributed by atoms with Gasteiger partial charge in [-0.3, -0.25) is 0 Å². The fraction of sp³-hybridized carbons (Fsp3) is 0.0317. The third-order valence-electron chi connectivity index (χ3n) is 15.3. The lowest BCUT2D eigenvalue weighted by molar-refractivity contribution is 0.794. The number of nitrogens with zero attached hydrogens (tertiary/aromatic N) is 1. The number of para-hydroxylation sites is 1. The lowest BCUT2D eigenvalue weighted by atomic mass is 9.70. The Morgan fingerprint density at radius 1 is 0.250 bits per heavy atom. The lowest BCUT2D eigenvalue weighted by Crippen LogP contribution is -2.25. The molecule has 0 atom stereocenters. The van der Waals surface area contributed by atoms with Gasteiger partial charge in [0.1, 0.15) is 0 Å². The van der Waals surface area contributed by atoms with E-state index >= 15 is 0 Å². The van der Waals surface area contributed by atoms with E-state index in [4.69, 9.17) is 4.98 Å². The van der Waals surface area contributed by atoms with Crippen molar-refractivity contribution in [1.82, 2.24) is 4.98 Å². The molecule has 0 fully saturated rings. The quantitative estimate of drug-likeness (QED) is 0.159. The van der Waals surface area contributed by atoms with Crippen LogP contribution in [0, 0.1) is 0 Å². The number of pyridine rings is 1. The van der Waals surface area contributed by atoms with E-state index in [9.17, 15) is 0 Å². The summed E-state index contributed by atoms with van der Waals surface area (Å²) in [6, 6.07) is 84.2. The smallest absolute Gasteiger partial charge is 0.0788 e. The minimum Gasteiger partial charge on any atom is -0.247 e. The average molecular weight is 808 g/mol. The molecule has 0 saturated carbocycles. The van der Waals surface area contributed by atoms with Gasteiger partial charge >= 0.3 is 0 Å². The molecule has 1 nitrogen and oxygen atoms in total. The molecule has 0 unspecified atom stereocenters. The first kappa shape index (κ1) is 34.5. The minimum atomic E-state index is -0.407. The summed E-state index contributed by atoms with van der Waals surface area (Å²) in [5.41, 5.74) is 26.2. The highest BCUT2D eigenvalue weighted by Crippen LogP contribution is 2.66. The van der Waals surface area contributed by atoms with Gasteiger partial charge in [0.15, 0.2) is 0 Å². The first-order valence-electron chi connectivity index (χ1n) is 22.5. The molecule has 4 aliphatic rings. The first-order valence-corrected chi connectivity index (χ1v) is 22.5. The van der Waals surface area contributed by atoms with E-state index in [0.29, 0.717) is 0 Å². The summed E-state index contributed by atoms with van der Waals surface area (Å²) in [6.07, 6.45) is 0. The van der Waals surface area contributed by atoms with Crippen molar-refractivity contribution in [3.05, 3.63) is 269 Å². The van der Waals surface area contributed by atoms with Crippen LogP contribution >= 0.6 is 0 Å². The van der Waals surface area contributed by atoms with E-state index < -0.39 is 5.41 Å². The Balaban J connectivity index is 0.941. The second-order valence-electron chi connectivity index (χ2n) is 18.0. The van der Waals surface area contributed by atoms with E-state index in [2.05, 4.69) is 224 Å². The third-order valence-corrected chi connectivity index (χ3v) is 15.3. The van der Waals surface area contributed by atoms with E-state index in [-0.39, 0.29) is 5.41 Å². The van der Waals surface area contributed by atoms with Crippen LogP contribution in [0.4, 0.5) is 0 Å². The van der Waals surface area contributed by atoms with Gasteiger partial charge in [-0.25, -0.2) is 4.98 Å². The molecule has 10 aromatic carbocycles. The molecule has 1 heteroatoms. The molecule has 1 heterocycles. The van der Waals surface area contributed by atoms with Gasteiger partial charge in [-0.2, -0.15) is 0 Å². The molecule has 1 aromatic heterocycles. The summed E-state index contributed by atoms with van der Waals surface area (Å²) in [5, 5.41) is 3.63. The molecule has 294 valence electrons. The fourth-order valence-electron chi connectivity index (χ4n) is 13.0. The topological polar surface area (TPSA) is 12.9 Å². The minimum absolute atomic E-state index is 0.372. The maximum atomic E-state index is 5.50. The summed E-state index contributed by atoms with van der Waals surface area (Å²) in [6.45, 7) is 0. The monoisotopic (exact) mass is 807 g/mol. The molecule has 2 spiro atoms. The second-order valence-corrected chi connectivity index (χ2v) is 18.0. The number of fused-ring (bicyclic) bond motifs is 24. The zero-order chi connectivity index (χ0) is 41.7. The third kappa shape index (κ3) is 4.01. The molecule has 15 rings (SSSR count). The van der Waals surface area contributed by atoms with Crippen LogP contribution in [0.2, 0.25) is 0 Å². The number of rotatable bonds is 2. The second kappa shape index (κ2) is 12.3. The Bertz CT molecular complexity index is 3760. The highest BCUT2D eigenvalue weighted by molar-refractivity contribution is 6.20. The molecule has 4 aliphatic carbocycles. The summed E-state index contributed by atoms with van der Waals surface area (Å²) in [4.78, 5) is 5.50. The first-order chi connectivity index (χ1) is 31.8. The van der Waals surface area contributed by atoms with Gasteiger partial charge in [0.05, 0.1) is 22.0 Å². The average Bonchev–Trinajstić information content (AvgIpc) is 4.05. The van der Waals surface area contributed by atoms with E-state index in [1.165, 1.54) is 116 Å². The van der Waals surface area contributed by atoms with Crippen molar-refractivity contribution < 1.29 is 0 Å². The zero-order valence-electron chi connectivity index (χ0n) is 34.8. The van der Waals surface area contributed by atoms with Gasteiger partial charge < -0.3 is 0 Å². The van der Waals surface area contributed by atoms with Gasteiger partial charge in [-0.15, -0.1) is 0 Å². The fourth-order valence-corrected chi connectivity index (χ4v) is 13.0. The Kier molecular flexibility index (Phi) is 6.61.